The highest BCUT2D eigenvalue weighted by molar-refractivity contribution is 5.06. The molecule has 0 spiro atoms. The van der Waals surface area contributed by atoms with Crippen LogP contribution in [0.5, 0.6) is 0 Å². The molecule has 0 radical (unpaired) electrons. The Bertz CT molecular complexity index is 325. The van der Waals surface area contributed by atoms with Gasteiger partial charge in [0.2, 0.25) is 0 Å². The Kier molecular flexibility index (Phi) is 6.98. The van der Waals surface area contributed by atoms with Crippen molar-refractivity contribution < 1.29 is 4.74 Å². The predicted octanol–water partition coefficient (Wildman–Crippen LogP) is 2.00. The molecule has 0 saturated heterocycles. The Balaban J connectivity index is 2.48. The first-order valence-electron chi connectivity index (χ1n) is 6.85. The minimum absolute atomic E-state index is 0.513. The lowest BCUT2D eigenvalue weighted by atomic mass is 9.98. The van der Waals surface area contributed by atoms with Crippen LogP contribution in [0.3, 0.4) is 0 Å². The van der Waals surface area contributed by atoms with Crippen LogP contribution in [-0.2, 0) is 18.2 Å². The standard InChI is InChI=1S/C14H27N3O/c1-5-6-15-14(7-12(2)11-18-4)8-13-9-16-17(3)10-13/h9-10,12,14-15H,5-8,11H2,1-4H3. The molecule has 104 valence electrons. The van der Waals surface area contributed by atoms with Gasteiger partial charge in [-0.05, 0) is 37.3 Å². The Labute approximate surface area is 111 Å². The lowest BCUT2D eigenvalue weighted by molar-refractivity contribution is 0.149. The molecule has 0 aliphatic carbocycles. The van der Waals surface area contributed by atoms with Crippen LogP contribution in [0, 0.1) is 5.92 Å². The zero-order chi connectivity index (χ0) is 13.4. The maximum absolute atomic E-state index is 5.22. The molecule has 0 amide bonds. The van der Waals surface area contributed by atoms with Crippen LogP contribution in [0.2, 0.25) is 0 Å². The van der Waals surface area contributed by atoms with Gasteiger partial charge in [0.25, 0.3) is 0 Å². The van der Waals surface area contributed by atoms with Crippen molar-refractivity contribution in [2.75, 3.05) is 20.3 Å². The number of rotatable bonds is 9. The van der Waals surface area contributed by atoms with E-state index in [1.165, 1.54) is 12.0 Å². The SMILES string of the molecule is CCCNC(Cc1cnn(C)c1)CC(C)COC. The Morgan fingerprint density at radius 1 is 1.50 bits per heavy atom. The fraction of sp³-hybridized carbons (Fsp3) is 0.786. The minimum atomic E-state index is 0.513. The summed E-state index contributed by atoms with van der Waals surface area (Å²) in [5, 5.41) is 7.85. The summed E-state index contributed by atoms with van der Waals surface area (Å²) in [6.07, 6.45) is 7.41. The molecule has 0 fully saturated rings. The molecule has 1 rings (SSSR count). The third-order valence-corrected chi connectivity index (χ3v) is 3.06. The molecule has 0 aliphatic heterocycles. The summed E-state index contributed by atoms with van der Waals surface area (Å²) in [5.74, 6) is 0.584. The zero-order valence-electron chi connectivity index (χ0n) is 12.1. The van der Waals surface area contributed by atoms with Crippen LogP contribution >= 0.6 is 0 Å². The molecule has 1 heterocycles. The molecular formula is C14H27N3O. The first kappa shape index (κ1) is 15.2. The fourth-order valence-electron chi connectivity index (χ4n) is 2.29. The normalized spacial score (nSPS) is 14.7. The molecule has 0 aliphatic rings. The van der Waals surface area contributed by atoms with Crippen LogP contribution in [0.4, 0.5) is 0 Å². The number of aryl methyl sites for hydroxylation is 1. The number of hydrogen-bond acceptors (Lipinski definition) is 3. The third kappa shape index (κ3) is 5.65. The number of ether oxygens (including phenoxy) is 1. The molecule has 18 heavy (non-hydrogen) atoms. The second-order valence-electron chi connectivity index (χ2n) is 5.17. The maximum Gasteiger partial charge on any atom is 0.0522 e. The summed E-state index contributed by atoms with van der Waals surface area (Å²) in [5.41, 5.74) is 1.30. The lowest BCUT2D eigenvalue weighted by Gasteiger charge is -2.21. The maximum atomic E-state index is 5.22. The molecule has 4 nitrogen and oxygen atoms in total. The van der Waals surface area contributed by atoms with Gasteiger partial charge >= 0.3 is 0 Å². The predicted molar refractivity (Wildman–Crippen MR) is 74.7 cm³/mol. The van der Waals surface area contributed by atoms with Gasteiger partial charge in [-0.1, -0.05) is 13.8 Å². The molecule has 1 aromatic heterocycles. The summed E-state index contributed by atoms with van der Waals surface area (Å²) in [6, 6.07) is 0.513. The lowest BCUT2D eigenvalue weighted by Crippen LogP contribution is -2.34. The van der Waals surface area contributed by atoms with Gasteiger partial charge in [-0.3, -0.25) is 4.68 Å². The molecule has 1 aromatic rings. The number of nitrogens with zero attached hydrogens (tertiary/aromatic N) is 2. The highest BCUT2D eigenvalue weighted by Gasteiger charge is 2.14. The molecule has 0 aromatic carbocycles. The van der Waals surface area contributed by atoms with Crippen molar-refractivity contribution in [2.45, 2.75) is 39.2 Å². The van der Waals surface area contributed by atoms with Gasteiger partial charge in [-0.2, -0.15) is 5.10 Å². The van der Waals surface area contributed by atoms with Crippen molar-refractivity contribution in [2.24, 2.45) is 13.0 Å². The van der Waals surface area contributed by atoms with E-state index in [-0.39, 0.29) is 0 Å². The van der Waals surface area contributed by atoms with E-state index in [1.54, 1.807) is 7.11 Å². The van der Waals surface area contributed by atoms with Crippen LogP contribution in [0.15, 0.2) is 12.4 Å². The third-order valence-electron chi connectivity index (χ3n) is 3.06. The van der Waals surface area contributed by atoms with Crippen LogP contribution < -0.4 is 5.32 Å². The summed E-state index contributed by atoms with van der Waals surface area (Å²) in [7, 11) is 3.73. The molecule has 4 heteroatoms. The highest BCUT2D eigenvalue weighted by atomic mass is 16.5. The van der Waals surface area contributed by atoms with Gasteiger partial charge in [-0.15, -0.1) is 0 Å². The van der Waals surface area contributed by atoms with E-state index in [2.05, 4.69) is 30.5 Å². The number of nitrogens with one attached hydrogen (secondary N) is 1. The average molecular weight is 253 g/mol. The second kappa shape index (κ2) is 8.27. The quantitative estimate of drug-likeness (QED) is 0.731. The van der Waals surface area contributed by atoms with Crippen LogP contribution in [0.1, 0.15) is 32.3 Å². The minimum Gasteiger partial charge on any atom is -0.384 e. The molecule has 1 N–H and O–H groups in total. The first-order valence-corrected chi connectivity index (χ1v) is 6.85. The molecule has 0 saturated carbocycles. The van der Waals surface area contributed by atoms with E-state index < -0.39 is 0 Å². The van der Waals surface area contributed by atoms with Gasteiger partial charge in [0, 0.05) is 33.0 Å². The van der Waals surface area contributed by atoms with E-state index in [1.807, 2.05) is 17.9 Å². The van der Waals surface area contributed by atoms with Crippen LogP contribution in [-0.4, -0.2) is 36.1 Å². The van der Waals surface area contributed by atoms with Gasteiger partial charge in [0.1, 0.15) is 0 Å². The first-order chi connectivity index (χ1) is 8.65. The topological polar surface area (TPSA) is 39.1 Å². The summed E-state index contributed by atoms with van der Waals surface area (Å²) >= 11 is 0. The van der Waals surface area contributed by atoms with Crippen molar-refractivity contribution in [3.63, 3.8) is 0 Å². The van der Waals surface area contributed by atoms with Crippen molar-refractivity contribution in [3.8, 4) is 0 Å². The molecular weight excluding hydrogens is 226 g/mol. The van der Waals surface area contributed by atoms with Crippen LogP contribution in [0.25, 0.3) is 0 Å². The van der Waals surface area contributed by atoms with Gasteiger partial charge in [0.05, 0.1) is 6.20 Å². The number of aromatic nitrogens is 2. The van der Waals surface area contributed by atoms with E-state index in [0.29, 0.717) is 12.0 Å². The second-order valence-corrected chi connectivity index (χ2v) is 5.17. The van der Waals surface area contributed by atoms with Gasteiger partial charge in [0.15, 0.2) is 0 Å². The monoisotopic (exact) mass is 253 g/mol. The Morgan fingerprint density at radius 3 is 2.83 bits per heavy atom. The van der Waals surface area contributed by atoms with E-state index >= 15 is 0 Å². The largest absolute Gasteiger partial charge is 0.384 e. The van der Waals surface area contributed by atoms with Crippen molar-refractivity contribution in [1.82, 2.24) is 15.1 Å². The highest BCUT2D eigenvalue weighted by Crippen LogP contribution is 2.11. The summed E-state index contributed by atoms with van der Waals surface area (Å²) < 4.78 is 7.08. The number of methoxy groups -OCH3 is 1. The smallest absolute Gasteiger partial charge is 0.0522 e. The van der Waals surface area contributed by atoms with E-state index in [9.17, 15) is 0 Å². The Hall–Kier alpha value is -0.870. The van der Waals surface area contributed by atoms with Crippen molar-refractivity contribution >= 4 is 0 Å². The molecule has 0 bridgehead atoms. The van der Waals surface area contributed by atoms with Crippen molar-refractivity contribution in [3.05, 3.63) is 18.0 Å². The fourth-order valence-corrected chi connectivity index (χ4v) is 2.29. The zero-order valence-corrected chi connectivity index (χ0v) is 12.1. The van der Waals surface area contributed by atoms with E-state index in [4.69, 9.17) is 4.74 Å². The van der Waals surface area contributed by atoms with Gasteiger partial charge < -0.3 is 10.1 Å². The molecule has 2 unspecified atom stereocenters. The number of hydrogen-bond donors (Lipinski definition) is 1. The van der Waals surface area contributed by atoms with Gasteiger partial charge in [-0.25, -0.2) is 0 Å². The Morgan fingerprint density at radius 2 is 2.28 bits per heavy atom. The van der Waals surface area contributed by atoms with E-state index in [0.717, 1.165) is 26.0 Å². The van der Waals surface area contributed by atoms with Crippen molar-refractivity contribution in [1.29, 1.82) is 0 Å². The molecule has 2 atom stereocenters. The summed E-state index contributed by atoms with van der Waals surface area (Å²) in [4.78, 5) is 0. The average Bonchev–Trinajstić information content (AvgIpc) is 2.72. The summed E-state index contributed by atoms with van der Waals surface area (Å²) in [6.45, 7) is 6.35.